The number of aliphatic carboxylic acids is 1. The van der Waals surface area contributed by atoms with Crippen LogP contribution < -0.4 is 39.6 Å². The van der Waals surface area contributed by atoms with E-state index < -0.39 is 5.97 Å². The Hall–Kier alpha value is -3.36. The second-order valence-corrected chi connectivity index (χ2v) is 8.77. The summed E-state index contributed by atoms with van der Waals surface area (Å²) in [4.78, 5) is 26.7. The largest absolute Gasteiger partial charge is 1.00 e. The van der Waals surface area contributed by atoms with E-state index >= 15 is 0 Å². The van der Waals surface area contributed by atoms with Crippen molar-refractivity contribution in [3.8, 4) is 5.75 Å². The van der Waals surface area contributed by atoms with Crippen LogP contribution in [-0.2, 0) is 16.2 Å². The third-order valence-corrected chi connectivity index (χ3v) is 5.91. The molecule has 5 rings (SSSR count). The molecule has 6 nitrogen and oxygen atoms in total. The Morgan fingerprint density at radius 1 is 1.03 bits per heavy atom. The number of fused-ring (bicyclic) bond motifs is 1. The number of carboxylic acids is 1. The van der Waals surface area contributed by atoms with Crippen LogP contribution in [-0.4, -0.2) is 22.2 Å². The zero-order valence-corrected chi connectivity index (χ0v) is 23.3. The predicted octanol–water partition coefficient (Wildman–Crippen LogP) is 3.21. The summed E-state index contributed by atoms with van der Waals surface area (Å²) in [5.41, 5.74) is 2.71. The van der Waals surface area contributed by atoms with Gasteiger partial charge in [0.1, 0.15) is 12.4 Å². The summed E-state index contributed by atoms with van der Waals surface area (Å²) in [6.07, 6.45) is 1.87. The van der Waals surface area contributed by atoms with Gasteiger partial charge >= 0.3 is 29.6 Å². The second-order valence-electron chi connectivity index (χ2n) is 7.74. The topological polar surface area (TPSA) is 88.0 Å². The van der Waals surface area contributed by atoms with Gasteiger partial charge in [-0.3, -0.25) is 14.6 Å². The van der Waals surface area contributed by atoms with E-state index in [-0.39, 0.29) is 35.5 Å². The molecule has 0 unspecified atom stereocenters. The first-order valence-corrected chi connectivity index (χ1v) is 11.9. The molecule has 0 atom stereocenters. The number of amidine groups is 1. The molecule has 4 aromatic carbocycles. The molecule has 0 aromatic heterocycles. The smallest absolute Gasteiger partial charge is 0.488 e. The Kier molecular flexibility index (Phi) is 10.5. The number of nitrogens with zero attached hydrogens (tertiary/aromatic N) is 1. The molecule has 1 heterocycles. The summed E-state index contributed by atoms with van der Waals surface area (Å²) in [6, 6.07) is 32.4. The van der Waals surface area contributed by atoms with Gasteiger partial charge in [0.2, 0.25) is 0 Å². The number of amides is 1. The van der Waals surface area contributed by atoms with E-state index in [9.17, 15) is 4.79 Å². The Bertz CT molecular complexity index is 1440. The van der Waals surface area contributed by atoms with Crippen molar-refractivity contribution in [1.82, 2.24) is 5.32 Å². The fourth-order valence-electron chi connectivity index (χ4n) is 3.46. The van der Waals surface area contributed by atoms with Gasteiger partial charge in [0.15, 0.2) is 5.17 Å². The van der Waals surface area contributed by atoms with Gasteiger partial charge in [-0.15, -0.1) is 12.1 Å². The molecule has 1 amide bonds. The number of carboxylic acid groups (broad SMARTS) is 1. The van der Waals surface area contributed by atoms with E-state index in [1.165, 1.54) is 11.8 Å². The fourth-order valence-corrected chi connectivity index (χ4v) is 4.29. The zero-order valence-electron chi connectivity index (χ0n) is 20.5. The van der Waals surface area contributed by atoms with Crippen LogP contribution in [0.5, 0.6) is 5.75 Å². The summed E-state index contributed by atoms with van der Waals surface area (Å²) in [7, 11) is 0. The zero-order chi connectivity index (χ0) is 25.3. The Morgan fingerprint density at radius 3 is 2.43 bits per heavy atom. The molecule has 0 radical (unpaired) electrons. The molecule has 1 aliphatic heterocycles. The number of rotatable bonds is 5. The van der Waals surface area contributed by atoms with Gasteiger partial charge in [-0.1, -0.05) is 66.7 Å². The van der Waals surface area contributed by atoms with Crippen molar-refractivity contribution in [2.24, 2.45) is 4.99 Å². The minimum Gasteiger partial charge on any atom is -0.488 e. The molecule has 0 spiro atoms. The van der Waals surface area contributed by atoms with Crippen molar-refractivity contribution in [3.05, 3.63) is 113 Å². The maximum absolute atomic E-state index is 12.6. The summed E-state index contributed by atoms with van der Waals surface area (Å²) in [5, 5.41) is 12.9. The minimum absolute atomic E-state index is 0. The van der Waals surface area contributed by atoms with Crippen molar-refractivity contribution in [2.45, 2.75) is 13.5 Å². The van der Waals surface area contributed by atoms with Crippen LogP contribution in [0, 0.1) is 6.07 Å². The number of hydrogen-bond acceptors (Lipinski definition) is 5. The quantitative estimate of drug-likeness (QED) is 0.241. The molecule has 1 fully saturated rings. The maximum atomic E-state index is 12.6. The molecule has 4 aromatic rings. The van der Waals surface area contributed by atoms with Gasteiger partial charge in [-0.05, 0) is 34.5 Å². The van der Waals surface area contributed by atoms with E-state index in [0.29, 0.717) is 16.7 Å². The normalized spacial score (nSPS) is 14.5. The van der Waals surface area contributed by atoms with Crippen molar-refractivity contribution < 1.29 is 49.0 Å². The van der Waals surface area contributed by atoms with Gasteiger partial charge in [0.05, 0.1) is 4.91 Å². The number of nitrogens with one attached hydrogen (secondary N) is 1. The summed E-state index contributed by atoms with van der Waals surface area (Å²) >= 11 is 1.32. The first-order chi connectivity index (χ1) is 17.5. The summed E-state index contributed by atoms with van der Waals surface area (Å²) in [5.74, 6) is -0.241. The van der Waals surface area contributed by atoms with E-state index in [4.69, 9.17) is 14.6 Å². The standard InChI is InChI=1S/C27H19N2O2S.C2H4O2.Na/c30-26-24(32-27(29-26)28-22-12-5-2-6-13-22)17-21-16-15-20-11-7-8-14-23(20)25(21)31-18-19-9-3-1-4-10-19;1-2(3)4;/h1,3-17H,18H2,(H,28,29,30);1H3,(H,3,4);/q-1;;+1/b24-17-;;. The molecule has 0 saturated carbocycles. The van der Waals surface area contributed by atoms with Crippen LogP contribution in [0.15, 0.2) is 101 Å². The fraction of sp³-hybridized carbons (Fsp3) is 0.0690. The van der Waals surface area contributed by atoms with Gasteiger partial charge < -0.3 is 15.2 Å². The molecule has 180 valence electrons. The Morgan fingerprint density at radius 2 is 1.70 bits per heavy atom. The predicted molar refractivity (Wildman–Crippen MR) is 144 cm³/mol. The van der Waals surface area contributed by atoms with Crippen LogP contribution in [0.3, 0.4) is 0 Å². The number of ether oxygens (including phenoxy) is 1. The number of aliphatic imine (C=N–C) groups is 1. The molecule has 1 aliphatic rings. The third-order valence-electron chi connectivity index (χ3n) is 5.00. The number of carbonyl (C=O) groups is 2. The summed E-state index contributed by atoms with van der Waals surface area (Å²) < 4.78 is 6.29. The van der Waals surface area contributed by atoms with E-state index in [0.717, 1.165) is 40.3 Å². The average Bonchev–Trinajstić information content (AvgIpc) is 3.22. The molecule has 37 heavy (non-hydrogen) atoms. The number of benzene rings is 4. The average molecular weight is 519 g/mol. The van der Waals surface area contributed by atoms with Crippen molar-refractivity contribution >= 4 is 51.3 Å². The van der Waals surface area contributed by atoms with Crippen LogP contribution in [0.25, 0.3) is 16.8 Å². The molecular formula is C29H23N2NaO4S. The molecule has 8 heteroatoms. The van der Waals surface area contributed by atoms with Crippen molar-refractivity contribution in [1.29, 1.82) is 0 Å². The van der Waals surface area contributed by atoms with E-state index in [1.54, 1.807) is 12.1 Å². The number of thioether (sulfide) groups is 1. The first-order valence-electron chi connectivity index (χ1n) is 11.1. The van der Waals surface area contributed by atoms with Crippen molar-refractivity contribution in [2.75, 3.05) is 0 Å². The Labute approximate surface area is 241 Å². The molecule has 0 aliphatic carbocycles. The number of carbonyl (C=O) groups excluding carboxylic acids is 1. The summed E-state index contributed by atoms with van der Waals surface area (Å²) in [6.45, 7) is 1.53. The molecule has 0 bridgehead atoms. The van der Waals surface area contributed by atoms with Crippen LogP contribution in [0.2, 0.25) is 0 Å². The monoisotopic (exact) mass is 518 g/mol. The molecule has 1 saturated heterocycles. The SMILES string of the molecule is CC(=O)O.O=C1NC(=Nc2cc[c-]cc2)S/C1=C\c1ccc2ccccc2c1OCc1ccccc1.[Na+]. The third kappa shape index (κ3) is 8.06. The first kappa shape index (κ1) is 28.2. The van der Waals surface area contributed by atoms with Gasteiger partial charge in [-0.25, -0.2) is 0 Å². The second kappa shape index (κ2) is 13.8. The van der Waals surface area contributed by atoms with Crippen molar-refractivity contribution in [3.63, 3.8) is 0 Å². The molecule has 2 N–H and O–H groups in total. The Balaban J connectivity index is 0.000000711. The maximum Gasteiger partial charge on any atom is 1.00 e. The van der Waals surface area contributed by atoms with Crippen LogP contribution in [0.1, 0.15) is 18.1 Å². The van der Waals surface area contributed by atoms with Crippen LogP contribution >= 0.6 is 11.8 Å². The van der Waals surface area contributed by atoms with Crippen LogP contribution in [0.4, 0.5) is 5.69 Å². The minimum atomic E-state index is -0.833. The van der Waals surface area contributed by atoms with Gasteiger partial charge in [0, 0.05) is 17.9 Å². The van der Waals surface area contributed by atoms with E-state index in [1.807, 2.05) is 78.9 Å². The van der Waals surface area contributed by atoms with E-state index in [2.05, 4.69) is 22.4 Å². The van der Waals surface area contributed by atoms with Gasteiger partial charge in [-0.2, -0.15) is 18.2 Å². The molecular weight excluding hydrogens is 495 g/mol. The number of hydrogen-bond donors (Lipinski definition) is 2. The van der Waals surface area contributed by atoms with Gasteiger partial charge in [0.25, 0.3) is 11.9 Å².